The van der Waals surface area contributed by atoms with Gasteiger partial charge >= 0.3 is 0 Å². The second-order valence-electron chi connectivity index (χ2n) is 4.67. The van der Waals surface area contributed by atoms with Crippen LogP contribution < -0.4 is 0 Å². The van der Waals surface area contributed by atoms with Crippen molar-refractivity contribution in [3.63, 3.8) is 0 Å². The quantitative estimate of drug-likeness (QED) is 0.605. The first kappa shape index (κ1) is 14.3. The average molecular weight is 372 g/mol. The summed E-state index contributed by atoms with van der Waals surface area (Å²) in [5, 5.41) is 11.3. The summed E-state index contributed by atoms with van der Waals surface area (Å²) in [7, 11) is 0. The first-order chi connectivity index (χ1) is 9.75. The van der Waals surface area contributed by atoms with E-state index in [9.17, 15) is 4.79 Å². The van der Waals surface area contributed by atoms with Gasteiger partial charge in [0, 0.05) is 17.4 Å². The molecule has 0 aliphatic carbocycles. The average Bonchev–Trinajstić information content (AvgIpc) is 2.96. The number of rotatable bonds is 4. The molecule has 2 aromatic rings. The van der Waals surface area contributed by atoms with Crippen molar-refractivity contribution in [2.24, 2.45) is 0 Å². The van der Waals surface area contributed by atoms with E-state index in [1.54, 1.807) is 0 Å². The molecule has 0 N–H and O–H groups in total. The van der Waals surface area contributed by atoms with Crippen LogP contribution in [0.2, 0.25) is 0 Å². The van der Waals surface area contributed by atoms with Gasteiger partial charge in [0.25, 0.3) is 0 Å². The number of hydrogen-bond donors (Lipinski definition) is 0. The molecular weight excluding hydrogens is 358 g/mol. The van der Waals surface area contributed by atoms with Crippen molar-refractivity contribution in [1.82, 2.24) is 14.8 Å². The Morgan fingerprint density at radius 2 is 2.30 bits per heavy atom. The fourth-order valence-corrected chi connectivity index (χ4v) is 4.73. The first-order valence-electron chi connectivity index (χ1n) is 6.57. The number of carbonyl (C=O) groups is 1. The lowest BCUT2D eigenvalue weighted by molar-refractivity contribution is 0.102. The van der Waals surface area contributed by atoms with Gasteiger partial charge in [0.05, 0.1) is 10.6 Å². The minimum Gasteiger partial charge on any atom is -0.306 e. The van der Waals surface area contributed by atoms with E-state index >= 15 is 0 Å². The molecule has 0 fully saturated rings. The van der Waals surface area contributed by atoms with Crippen LogP contribution in [0.1, 0.15) is 34.8 Å². The minimum atomic E-state index is 0.142. The number of nitrogens with zero attached hydrogens (tertiary/aromatic N) is 3. The predicted molar refractivity (Wildman–Crippen MR) is 84.7 cm³/mol. The zero-order chi connectivity index (χ0) is 13.9. The molecule has 0 aromatic carbocycles. The van der Waals surface area contributed by atoms with E-state index in [1.165, 1.54) is 42.4 Å². The third kappa shape index (κ3) is 2.99. The molecule has 0 saturated heterocycles. The van der Waals surface area contributed by atoms with Crippen LogP contribution in [0.25, 0.3) is 0 Å². The Hall–Kier alpha value is -0.660. The lowest BCUT2D eigenvalue weighted by Crippen LogP contribution is -2.05. The monoisotopic (exact) mass is 371 g/mol. The third-order valence-corrected chi connectivity index (χ3v) is 6.12. The molecule has 3 heterocycles. The van der Waals surface area contributed by atoms with E-state index in [-0.39, 0.29) is 5.78 Å². The fraction of sp³-hybridized carbons (Fsp3) is 0.462. The summed E-state index contributed by atoms with van der Waals surface area (Å²) in [5.41, 5.74) is 0. The van der Waals surface area contributed by atoms with Crippen molar-refractivity contribution < 1.29 is 4.79 Å². The number of thioether (sulfide) groups is 1. The number of fused-ring (bicyclic) bond motifs is 1. The molecule has 0 saturated carbocycles. The van der Waals surface area contributed by atoms with E-state index in [1.807, 2.05) is 11.4 Å². The maximum atomic E-state index is 12.2. The van der Waals surface area contributed by atoms with Gasteiger partial charge in [-0.3, -0.25) is 4.79 Å². The summed E-state index contributed by atoms with van der Waals surface area (Å²) in [5.74, 6) is 1.62. The highest BCUT2D eigenvalue weighted by molar-refractivity contribution is 9.10. The minimum absolute atomic E-state index is 0.142. The molecule has 0 atom stereocenters. The molecule has 20 heavy (non-hydrogen) atoms. The summed E-state index contributed by atoms with van der Waals surface area (Å²) >= 11 is 6.37. The van der Waals surface area contributed by atoms with Gasteiger partial charge in [-0.1, -0.05) is 18.2 Å². The molecule has 7 heteroatoms. The number of thiophene rings is 1. The molecule has 0 unspecified atom stereocenters. The molecule has 1 aliphatic rings. The lowest BCUT2D eigenvalue weighted by Gasteiger charge is -2.05. The van der Waals surface area contributed by atoms with E-state index in [2.05, 4.69) is 30.7 Å². The molecule has 1 aliphatic heterocycles. The molecule has 0 spiro atoms. The number of carbonyl (C=O) groups excluding carboxylic acids is 1. The van der Waals surface area contributed by atoms with Crippen molar-refractivity contribution in [2.45, 2.75) is 37.4 Å². The van der Waals surface area contributed by atoms with Gasteiger partial charge in [0.1, 0.15) is 5.82 Å². The summed E-state index contributed by atoms with van der Waals surface area (Å²) in [4.78, 5) is 12.9. The molecule has 4 nitrogen and oxygen atoms in total. The van der Waals surface area contributed by atoms with Gasteiger partial charge in [-0.2, -0.15) is 0 Å². The standard InChI is InChI=1S/C13H14BrN3OS2/c14-9-5-7-19-12(9)10(18)8-20-13-16-15-11-4-2-1-3-6-17(11)13/h5,7H,1-4,6,8H2. The molecular formula is C13H14BrN3OS2. The van der Waals surface area contributed by atoms with E-state index in [0.717, 1.165) is 33.3 Å². The molecule has 106 valence electrons. The summed E-state index contributed by atoms with van der Waals surface area (Å²) in [6.45, 7) is 0.974. The van der Waals surface area contributed by atoms with E-state index in [0.29, 0.717) is 5.75 Å². The van der Waals surface area contributed by atoms with Gasteiger partial charge in [0.2, 0.25) is 0 Å². The van der Waals surface area contributed by atoms with Gasteiger partial charge < -0.3 is 4.57 Å². The van der Waals surface area contributed by atoms with E-state index < -0.39 is 0 Å². The Bertz CT molecular complexity index is 623. The van der Waals surface area contributed by atoms with Crippen LogP contribution in [0.4, 0.5) is 0 Å². The number of halogens is 1. The molecule has 0 amide bonds. The van der Waals surface area contributed by atoms with Crippen LogP contribution in [0.3, 0.4) is 0 Å². The van der Waals surface area contributed by atoms with Crippen molar-refractivity contribution in [1.29, 1.82) is 0 Å². The Kier molecular flexibility index (Phi) is 4.58. The Balaban J connectivity index is 1.68. The normalized spacial score (nSPS) is 14.8. The smallest absolute Gasteiger partial charge is 0.191 e. The maximum absolute atomic E-state index is 12.2. The van der Waals surface area contributed by atoms with Gasteiger partial charge in [0.15, 0.2) is 10.9 Å². The van der Waals surface area contributed by atoms with Crippen LogP contribution in [-0.4, -0.2) is 26.3 Å². The molecule has 3 rings (SSSR count). The molecule has 0 radical (unpaired) electrons. The van der Waals surface area contributed by atoms with Crippen LogP contribution >= 0.6 is 39.0 Å². The Morgan fingerprint density at radius 1 is 1.40 bits per heavy atom. The summed E-state index contributed by atoms with van der Waals surface area (Å²) < 4.78 is 3.06. The summed E-state index contributed by atoms with van der Waals surface area (Å²) in [6.07, 6.45) is 4.60. The van der Waals surface area contributed by atoms with Crippen LogP contribution in [0.5, 0.6) is 0 Å². The molecule has 2 aromatic heterocycles. The number of hydrogen-bond acceptors (Lipinski definition) is 5. The third-order valence-electron chi connectivity index (χ3n) is 3.28. The second-order valence-corrected chi connectivity index (χ2v) is 7.38. The number of aromatic nitrogens is 3. The second kappa shape index (κ2) is 6.41. The highest BCUT2D eigenvalue weighted by Crippen LogP contribution is 2.27. The van der Waals surface area contributed by atoms with Gasteiger partial charge in [-0.15, -0.1) is 21.5 Å². The van der Waals surface area contributed by atoms with Crippen molar-refractivity contribution >= 4 is 44.8 Å². The highest BCUT2D eigenvalue weighted by Gasteiger charge is 2.17. The zero-order valence-electron chi connectivity index (χ0n) is 10.8. The number of Topliss-reactive ketones (excluding diaryl/α,β-unsaturated/α-hetero) is 1. The molecule has 0 bridgehead atoms. The number of aryl methyl sites for hydroxylation is 1. The van der Waals surface area contributed by atoms with Crippen molar-refractivity contribution in [2.75, 3.05) is 5.75 Å². The van der Waals surface area contributed by atoms with Gasteiger partial charge in [-0.05, 0) is 40.2 Å². The zero-order valence-corrected chi connectivity index (χ0v) is 14.1. The lowest BCUT2D eigenvalue weighted by atomic mass is 10.2. The van der Waals surface area contributed by atoms with Crippen LogP contribution in [0.15, 0.2) is 21.1 Å². The fourth-order valence-electron chi connectivity index (χ4n) is 2.25. The first-order valence-corrected chi connectivity index (χ1v) is 9.22. The topological polar surface area (TPSA) is 47.8 Å². The van der Waals surface area contributed by atoms with Crippen molar-refractivity contribution in [3.8, 4) is 0 Å². The highest BCUT2D eigenvalue weighted by atomic mass is 79.9. The Morgan fingerprint density at radius 3 is 3.10 bits per heavy atom. The predicted octanol–water partition coefficient (Wildman–Crippen LogP) is 3.80. The van der Waals surface area contributed by atoms with E-state index in [4.69, 9.17) is 0 Å². The van der Waals surface area contributed by atoms with Crippen LogP contribution in [0, 0.1) is 0 Å². The van der Waals surface area contributed by atoms with Crippen LogP contribution in [-0.2, 0) is 13.0 Å². The van der Waals surface area contributed by atoms with Crippen molar-refractivity contribution in [3.05, 3.63) is 26.6 Å². The maximum Gasteiger partial charge on any atom is 0.191 e. The number of ketones is 1. The summed E-state index contributed by atoms with van der Waals surface area (Å²) in [6, 6.07) is 1.91. The Labute approximate surface area is 134 Å². The van der Waals surface area contributed by atoms with Gasteiger partial charge in [-0.25, -0.2) is 0 Å². The largest absolute Gasteiger partial charge is 0.306 e. The SMILES string of the molecule is O=C(CSc1nnc2n1CCCCC2)c1sccc1Br.